The molecule has 1 aromatic heterocycles. The fourth-order valence-electron chi connectivity index (χ4n) is 4.51. The van der Waals surface area contributed by atoms with Crippen molar-refractivity contribution < 1.29 is 13.6 Å². The minimum Gasteiger partial charge on any atom is -0.411 e. The highest BCUT2D eigenvalue weighted by molar-refractivity contribution is 7.96. The van der Waals surface area contributed by atoms with E-state index in [4.69, 9.17) is 17.4 Å². The number of rotatable bonds is 8. The lowest BCUT2D eigenvalue weighted by Gasteiger charge is -2.22. The first-order chi connectivity index (χ1) is 17.2. The number of H-pyrrole nitrogens is 1. The number of allylic oxidation sites excluding steroid dienone is 4. The molecule has 190 valence electrons. The molecule has 2 aromatic rings. The first kappa shape index (κ1) is 25.9. The van der Waals surface area contributed by atoms with Gasteiger partial charge in [0.25, 0.3) is 5.56 Å². The Kier molecular flexibility index (Phi) is 7.82. The number of aromatic amines is 1. The molecule has 0 aliphatic heterocycles. The van der Waals surface area contributed by atoms with Crippen LogP contribution in [0.25, 0.3) is 5.57 Å². The van der Waals surface area contributed by atoms with Gasteiger partial charge in [-0.1, -0.05) is 47.7 Å². The smallest absolute Gasteiger partial charge is 0.328 e. The van der Waals surface area contributed by atoms with Gasteiger partial charge in [-0.3, -0.25) is 9.36 Å². The summed E-state index contributed by atoms with van der Waals surface area (Å²) in [7, 11) is -2.40. The first-order valence-electron chi connectivity index (χ1n) is 11.8. The van der Waals surface area contributed by atoms with Gasteiger partial charge in [-0.25, -0.2) is 17.5 Å². The zero-order valence-electron chi connectivity index (χ0n) is 19.9. The molecule has 0 saturated heterocycles. The molecule has 2 N–H and O–H groups in total. The van der Waals surface area contributed by atoms with E-state index < -0.39 is 15.7 Å². The van der Waals surface area contributed by atoms with Gasteiger partial charge in [0.05, 0.1) is 11.1 Å². The summed E-state index contributed by atoms with van der Waals surface area (Å²) in [6, 6.07) is 7.16. The Balaban J connectivity index is 1.48. The van der Waals surface area contributed by atoms with E-state index in [0.29, 0.717) is 41.7 Å². The molecular weight excluding hydrogens is 500 g/mol. The summed E-state index contributed by atoms with van der Waals surface area (Å²) in [5, 5.41) is 11.7. The van der Waals surface area contributed by atoms with Crippen molar-refractivity contribution in [2.24, 2.45) is 5.16 Å². The predicted molar refractivity (Wildman–Crippen MR) is 143 cm³/mol. The number of benzene rings is 1. The van der Waals surface area contributed by atoms with Crippen molar-refractivity contribution in [2.45, 2.75) is 45.1 Å². The minimum atomic E-state index is -3.87. The maximum absolute atomic E-state index is 13.3. The Bertz CT molecular complexity index is 1480. The standard InChI is InChI=1S/C25H28N4O5S2/c1-28(13-4-14-29-24(30)20-5-2-3-6-21(20)27-25(29)31)36(33,34)23-15-19(11-12-22(23)35)18-9-7-17(8-10-18)16-26-32/h7-11,15-16,32H,2-6,12-14H2,1H3,(H,27,31)/b26-16+. The van der Waals surface area contributed by atoms with Crippen molar-refractivity contribution in [3.8, 4) is 0 Å². The molecule has 0 radical (unpaired) electrons. The highest BCUT2D eigenvalue weighted by Gasteiger charge is 2.28. The molecule has 1 heterocycles. The largest absolute Gasteiger partial charge is 0.411 e. The zero-order chi connectivity index (χ0) is 25.9. The molecule has 0 bridgehead atoms. The number of nitrogens with one attached hydrogen (secondary N) is 1. The third-order valence-electron chi connectivity index (χ3n) is 6.54. The average molecular weight is 529 g/mol. The van der Waals surface area contributed by atoms with Gasteiger partial charge in [-0.2, -0.15) is 0 Å². The van der Waals surface area contributed by atoms with Gasteiger partial charge in [-0.15, -0.1) is 0 Å². The normalized spacial score (nSPS) is 16.2. The second kappa shape index (κ2) is 10.9. The number of thiocarbonyl (C=S) groups is 1. The van der Waals surface area contributed by atoms with Crippen LogP contribution in [0, 0.1) is 0 Å². The Labute approximate surface area is 214 Å². The van der Waals surface area contributed by atoms with E-state index in [1.807, 2.05) is 18.2 Å². The number of hydrogen-bond acceptors (Lipinski definition) is 7. The number of aryl methyl sites for hydroxylation is 1. The summed E-state index contributed by atoms with van der Waals surface area (Å²) < 4.78 is 29.1. The zero-order valence-corrected chi connectivity index (χ0v) is 21.6. The second-order valence-electron chi connectivity index (χ2n) is 8.89. The summed E-state index contributed by atoms with van der Waals surface area (Å²) >= 11 is 5.38. The van der Waals surface area contributed by atoms with Gasteiger partial charge in [-0.05, 0) is 54.9 Å². The molecule has 0 fully saturated rings. The maximum atomic E-state index is 13.3. The SMILES string of the molecule is CN(CCCn1c(=O)[nH]c2c(c1=O)CCCC2)S(=O)(=O)C1=CC(c2ccc(/C=N/O)cc2)=CCC1=S. The Morgan fingerprint density at radius 3 is 2.64 bits per heavy atom. The van der Waals surface area contributed by atoms with Gasteiger partial charge in [0, 0.05) is 42.7 Å². The Hall–Kier alpha value is -3.15. The molecule has 0 saturated carbocycles. The molecule has 0 spiro atoms. The highest BCUT2D eigenvalue weighted by atomic mass is 32.2. The van der Waals surface area contributed by atoms with E-state index in [1.54, 1.807) is 18.2 Å². The number of sulfonamides is 1. The van der Waals surface area contributed by atoms with Gasteiger partial charge >= 0.3 is 5.69 Å². The summed E-state index contributed by atoms with van der Waals surface area (Å²) in [5.74, 6) is 0. The highest BCUT2D eigenvalue weighted by Crippen LogP contribution is 2.28. The summed E-state index contributed by atoms with van der Waals surface area (Å²) in [6.45, 7) is 0.249. The van der Waals surface area contributed by atoms with Crippen molar-refractivity contribution >= 4 is 38.9 Å². The summed E-state index contributed by atoms with van der Waals surface area (Å²) in [4.78, 5) is 28.4. The van der Waals surface area contributed by atoms with E-state index in [-0.39, 0.29) is 23.6 Å². The summed E-state index contributed by atoms with van der Waals surface area (Å²) in [6.07, 6.45) is 8.61. The minimum absolute atomic E-state index is 0.0716. The van der Waals surface area contributed by atoms with Crippen molar-refractivity contribution in [1.29, 1.82) is 0 Å². The fraction of sp³-hybridized carbons (Fsp3) is 0.360. The lowest BCUT2D eigenvalue weighted by Crippen LogP contribution is -2.40. The second-order valence-corrected chi connectivity index (χ2v) is 11.4. The quantitative estimate of drug-likeness (QED) is 0.235. The topological polar surface area (TPSA) is 125 Å². The molecular formula is C25H28N4O5S2. The van der Waals surface area contributed by atoms with Crippen LogP contribution in [0.15, 0.2) is 56.1 Å². The third-order valence-corrected chi connectivity index (χ3v) is 8.98. The van der Waals surface area contributed by atoms with Crippen molar-refractivity contribution in [2.75, 3.05) is 13.6 Å². The molecule has 0 atom stereocenters. The lowest BCUT2D eigenvalue weighted by molar-refractivity contribution is 0.322. The third kappa shape index (κ3) is 5.32. The van der Waals surface area contributed by atoms with Crippen LogP contribution in [0.5, 0.6) is 0 Å². The van der Waals surface area contributed by atoms with Crippen LogP contribution in [-0.4, -0.2) is 52.2 Å². The molecule has 2 aliphatic rings. The van der Waals surface area contributed by atoms with Crippen molar-refractivity contribution in [1.82, 2.24) is 13.9 Å². The molecule has 0 amide bonds. The molecule has 0 unspecified atom stereocenters. The number of hydrogen-bond donors (Lipinski definition) is 2. The van der Waals surface area contributed by atoms with Crippen LogP contribution in [0.2, 0.25) is 0 Å². The Morgan fingerprint density at radius 2 is 1.92 bits per heavy atom. The average Bonchev–Trinajstić information content (AvgIpc) is 2.86. The van der Waals surface area contributed by atoms with Crippen LogP contribution < -0.4 is 11.2 Å². The van der Waals surface area contributed by atoms with Crippen LogP contribution >= 0.6 is 12.2 Å². The number of fused-ring (bicyclic) bond motifs is 1. The maximum Gasteiger partial charge on any atom is 0.328 e. The monoisotopic (exact) mass is 528 g/mol. The number of aromatic nitrogens is 2. The molecule has 36 heavy (non-hydrogen) atoms. The molecule has 4 rings (SSSR count). The summed E-state index contributed by atoms with van der Waals surface area (Å²) in [5.41, 5.74) is 2.92. The number of oxime groups is 1. The van der Waals surface area contributed by atoms with Gasteiger partial charge in [0.15, 0.2) is 0 Å². The molecule has 11 heteroatoms. The fourth-order valence-corrected chi connectivity index (χ4v) is 6.32. The van der Waals surface area contributed by atoms with Crippen LogP contribution in [-0.2, 0) is 29.4 Å². The lowest BCUT2D eigenvalue weighted by atomic mass is 9.97. The van der Waals surface area contributed by atoms with E-state index in [1.165, 1.54) is 22.1 Å². The first-order valence-corrected chi connectivity index (χ1v) is 13.6. The van der Waals surface area contributed by atoms with E-state index in [2.05, 4.69) is 10.1 Å². The molecule has 2 aliphatic carbocycles. The van der Waals surface area contributed by atoms with Gasteiger partial charge in [0.2, 0.25) is 10.0 Å². The van der Waals surface area contributed by atoms with Crippen LogP contribution in [0.1, 0.15) is 48.1 Å². The number of nitrogens with zero attached hydrogens (tertiary/aromatic N) is 3. The van der Waals surface area contributed by atoms with Crippen LogP contribution in [0.4, 0.5) is 0 Å². The predicted octanol–water partition coefficient (Wildman–Crippen LogP) is 2.62. The van der Waals surface area contributed by atoms with Crippen molar-refractivity contribution in [3.05, 3.63) is 84.5 Å². The van der Waals surface area contributed by atoms with Gasteiger partial charge in [0.1, 0.15) is 0 Å². The van der Waals surface area contributed by atoms with Gasteiger partial charge < -0.3 is 10.2 Å². The van der Waals surface area contributed by atoms with E-state index in [9.17, 15) is 18.0 Å². The van der Waals surface area contributed by atoms with Crippen LogP contribution in [0.3, 0.4) is 0 Å². The molecule has 9 nitrogen and oxygen atoms in total. The van der Waals surface area contributed by atoms with E-state index >= 15 is 0 Å². The van der Waals surface area contributed by atoms with Crippen molar-refractivity contribution in [3.63, 3.8) is 0 Å². The Morgan fingerprint density at radius 1 is 1.19 bits per heavy atom. The molecule has 1 aromatic carbocycles. The van der Waals surface area contributed by atoms with E-state index in [0.717, 1.165) is 29.7 Å².